The molecule has 0 radical (unpaired) electrons. The first-order valence-corrected chi connectivity index (χ1v) is 8.83. The first-order valence-electron chi connectivity index (χ1n) is 4.82. The second-order valence-corrected chi connectivity index (χ2v) is 9.06. The Bertz CT molecular complexity index is 650. The molecule has 2 heterocycles. The molecule has 3 N–H and O–H groups in total. The lowest BCUT2D eigenvalue weighted by Gasteiger charge is -2.07. The summed E-state index contributed by atoms with van der Waals surface area (Å²) < 4.78 is 46.3. The number of sulfonamides is 1. The van der Waals surface area contributed by atoms with Gasteiger partial charge < -0.3 is 5.32 Å². The van der Waals surface area contributed by atoms with Gasteiger partial charge in [0, 0.05) is 12.6 Å². The average Bonchev–Trinajstić information content (AvgIpc) is 2.53. The Kier molecular flexibility index (Phi) is 4.46. The fraction of sp³-hybridized carbons (Fsp3) is 0.500. The number of nitrogens with two attached hydrogens (primary N) is 1. The highest BCUT2D eigenvalue weighted by atomic mass is 35.5. The molecule has 1 aliphatic rings. The van der Waals surface area contributed by atoms with Crippen molar-refractivity contribution in [1.82, 2.24) is 5.32 Å². The molecule has 104 valence electrons. The summed E-state index contributed by atoms with van der Waals surface area (Å²) in [6, 6.07) is 1.18. The number of halogens is 1. The Hall–Kier alpha value is -0.190. The molecule has 1 aliphatic heterocycles. The van der Waals surface area contributed by atoms with Gasteiger partial charge in [0.05, 0.1) is 5.75 Å². The Labute approximate surface area is 116 Å². The average molecular weight is 333 g/mol. The molecule has 0 saturated heterocycles. The zero-order valence-corrected chi connectivity index (χ0v) is 12.7. The normalized spacial score (nSPS) is 22.7. The van der Waals surface area contributed by atoms with E-state index in [-0.39, 0.29) is 32.6 Å². The maximum Gasteiger partial charge on any atom is 0.247 e. The largest absolute Gasteiger partial charge is 0.309 e. The van der Waals surface area contributed by atoms with E-state index in [0.29, 0.717) is 12.1 Å². The topological polar surface area (TPSA) is 106 Å². The van der Waals surface area contributed by atoms with Crippen LogP contribution in [0, 0.1) is 0 Å². The Morgan fingerprint density at radius 1 is 1.50 bits per heavy atom. The van der Waals surface area contributed by atoms with Crippen LogP contribution in [0.15, 0.2) is 14.5 Å². The second kappa shape index (κ2) is 5.06. The maximum atomic E-state index is 12.0. The summed E-state index contributed by atoms with van der Waals surface area (Å²) in [5.74, 6) is -0.0371. The summed E-state index contributed by atoms with van der Waals surface area (Å²) in [4.78, 5) is 0. The third kappa shape index (κ3) is 3.03. The third-order valence-corrected chi connectivity index (χ3v) is 7.59. The van der Waals surface area contributed by atoms with Crippen molar-refractivity contribution in [3.8, 4) is 0 Å². The van der Waals surface area contributed by atoms with Crippen LogP contribution in [-0.4, -0.2) is 28.6 Å². The van der Waals surface area contributed by atoms with Gasteiger partial charge in [-0.25, -0.2) is 22.0 Å². The van der Waals surface area contributed by atoms with E-state index < -0.39 is 19.9 Å². The minimum Gasteiger partial charge on any atom is -0.309 e. The van der Waals surface area contributed by atoms with Crippen LogP contribution in [0.3, 0.4) is 0 Å². The lowest BCUT2D eigenvalue weighted by Crippen LogP contribution is -2.29. The van der Waals surface area contributed by atoms with Crippen LogP contribution < -0.4 is 10.5 Å². The molecule has 0 amide bonds. The van der Waals surface area contributed by atoms with Gasteiger partial charge in [-0.1, -0.05) is 0 Å². The van der Waals surface area contributed by atoms with Crippen LogP contribution in [0.25, 0.3) is 0 Å². The number of primary sulfonamides is 1. The van der Waals surface area contributed by atoms with Gasteiger partial charge in [-0.2, -0.15) is 0 Å². The summed E-state index contributed by atoms with van der Waals surface area (Å²) in [6.07, 6.45) is 0. The first-order chi connectivity index (χ1) is 7.70. The molecule has 0 spiro atoms. The van der Waals surface area contributed by atoms with Crippen molar-refractivity contribution < 1.29 is 16.8 Å². The van der Waals surface area contributed by atoms with Crippen molar-refractivity contribution in [2.24, 2.45) is 5.14 Å². The standard InChI is InChI=1S/C8H12N2O4S3.ClH/c1-5-4-16(11,12)8-6(3-10-5)2-7(15-8)17(9,13)14;/h2,5,10H,3-4H2,1H3,(H2,9,13,14);1H/t5-;/m0./s1. The Morgan fingerprint density at radius 3 is 2.67 bits per heavy atom. The molecule has 6 nitrogen and oxygen atoms in total. The highest BCUT2D eigenvalue weighted by molar-refractivity contribution is 7.95. The smallest absolute Gasteiger partial charge is 0.247 e. The Morgan fingerprint density at radius 2 is 2.11 bits per heavy atom. The Balaban J connectivity index is 0.00000162. The molecule has 0 aromatic carbocycles. The van der Waals surface area contributed by atoms with Crippen molar-refractivity contribution in [2.75, 3.05) is 5.75 Å². The zero-order chi connectivity index (χ0) is 12.8. The number of hydrogen-bond acceptors (Lipinski definition) is 6. The SMILES string of the molecule is C[C@H]1CS(=O)(=O)c2sc(S(N)(=O)=O)cc2CN1.Cl. The van der Waals surface area contributed by atoms with Crippen molar-refractivity contribution in [2.45, 2.75) is 27.9 Å². The molecule has 0 aliphatic carbocycles. The highest BCUT2D eigenvalue weighted by Gasteiger charge is 2.29. The lowest BCUT2D eigenvalue weighted by atomic mass is 10.3. The quantitative estimate of drug-likeness (QED) is 0.757. The number of hydrogen-bond donors (Lipinski definition) is 2. The van der Waals surface area contributed by atoms with E-state index in [1.165, 1.54) is 6.07 Å². The molecule has 1 aromatic heterocycles. The molecule has 0 bridgehead atoms. The van der Waals surface area contributed by atoms with E-state index in [1.54, 1.807) is 6.92 Å². The molecule has 0 unspecified atom stereocenters. The lowest BCUT2D eigenvalue weighted by molar-refractivity contribution is 0.570. The zero-order valence-electron chi connectivity index (χ0n) is 9.41. The first kappa shape index (κ1) is 15.9. The second-order valence-electron chi connectivity index (χ2n) is 3.99. The van der Waals surface area contributed by atoms with Crippen molar-refractivity contribution in [3.05, 3.63) is 11.6 Å². The van der Waals surface area contributed by atoms with Gasteiger partial charge in [0.1, 0.15) is 8.42 Å². The van der Waals surface area contributed by atoms with Gasteiger partial charge in [0.25, 0.3) is 0 Å². The third-order valence-electron chi connectivity index (χ3n) is 2.42. The molecular formula is C8H13ClN2O4S3. The molecular weight excluding hydrogens is 320 g/mol. The maximum absolute atomic E-state index is 12.0. The molecule has 0 saturated carbocycles. The fourth-order valence-electron chi connectivity index (χ4n) is 1.66. The van der Waals surface area contributed by atoms with E-state index in [2.05, 4.69) is 5.32 Å². The predicted octanol–water partition coefficient (Wildman–Crippen LogP) is 0.0827. The van der Waals surface area contributed by atoms with Crippen LogP contribution in [-0.2, 0) is 26.4 Å². The molecule has 1 atom stereocenters. The van der Waals surface area contributed by atoms with Gasteiger partial charge in [-0.3, -0.25) is 0 Å². The monoisotopic (exact) mass is 332 g/mol. The summed E-state index contributed by atoms with van der Waals surface area (Å²) >= 11 is 0.724. The van der Waals surface area contributed by atoms with Gasteiger partial charge >= 0.3 is 0 Å². The highest BCUT2D eigenvalue weighted by Crippen LogP contribution is 2.32. The summed E-state index contributed by atoms with van der Waals surface area (Å²) in [5.41, 5.74) is 0.475. The van der Waals surface area contributed by atoms with Crippen LogP contribution in [0.5, 0.6) is 0 Å². The van der Waals surface area contributed by atoms with E-state index in [9.17, 15) is 16.8 Å². The summed E-state index contributed by atoms with van der Waals surface area (Å²) in [5, 5.41) is 8.00. The van der Waals surface area contributed by atoms with E-state index in [4.69, 9.17) is 5.14 Å². The van der Waals surface area contributed by atoms with Crippen molar-refractivity contribution in [3.63, 3.8) is 0 Å². The van der Waals surface area contributed by atoms with Gasteiger partial charge in [-0.15, -0.1) is 23.7 Å². The number of fused-ring (bicyclic) bond motifs is 1. The number of thiophene rings is 1. The minimum absolute atomic E-state index is 0. The van der Waals surface area contributed by atoms with Gasteiger partial charge in [0.2, 0.25) is 10.0 Å². The fourth-order valence-corrected chi connectivity index (χ4v) is 5.93. The van der Waals surface area contributed by atoms with Gasteiger partial charge in [-0.05, 0) is 18.6 Å². The van der Waals surface area contributed by atoms with Crippen LogP contribution in [0.4, 0.5) is 0 Å². The van der Waals surface area contributed by atoms with Crippen molar-refractivity contribution in [1.29, 1.82) is 0 Å². The van der Waals surface area contributed by atoms with E-state index >= 15 is 0 Å². The predicted molar refractivity (Wildman–Crippen MR) is 71.3 cm³/mol. The summed E-state index contributed by atoms with van der Waals surface area (Å²) in [7, 11) is -7.28. The number of sulfone groups is 1. The van der Waals surface area contributed by atoms with Crippen molar-refractivity contribution >= 4 is 43.6 Å². The molecule has 2 rings (SSSR count). The summed E-state index contributed by atoms with van der Waals surface area (Å²) in [6.45, 7) is 2.11. The molecule has 18 heavy (non-hydrogen) atoms. The van der Waals surface area contributed by atoms with Crippen LogP contribution in [0.2, 0.25) is 0 Å². The number of rotatable bonds is 1. The van der Waals surface area contributed by atoms with Gasteiger partial charge in [0.15, 0.2) is 9.84 Å². The van der Waals surface area contributed by atoms with E-state index in [0.717, 1.165) is 11.3 Å². The van der Waals surface area contributed by atoms with Crippen LogP contribution >= 0.6 is 23.7 Å². The molecule has 1 aromatic rings. The molecule has 0 fully saturated rings. The molecule has 10 heteroatoms. The van der Waals surface area contributed by atoms with Crippen LogP contribution in [0.1, 0.15) is 12.5 Å². The number of nitrogens with one attached hydrogen (secondary N) is 1. The minimum atomic E-state index is -3.85. The van der Waals surface area contributed by atoms with E-state index in [1.807, 2.05) is 0 Å².